The van der Waals surface area contributed by atoms with Gasteiger partial charge in [0.2, 0.25) is 0 Å². The molecule has 0 saturated carbocycles. The maximum absolute atomic E-state index is 12.4. The third-order valence-electron chi connectivity index (χ3n) is 4.12. The molecule has 0 aromatic carbocycles. The average Bonchev–Trinajstić information content (AvgIpc) is 3.15. The smallest absolute Gasteiger partial charge is 0.343 e. The summed E-state index contributed by atoms with van der Waals surface area (Å²) in [5.41, 5.74) is 1.22. The summed E-state index contributed by atoms with van der Waals surface area (Å²) in [6.45, 7) is 1.96. The Kier molecular flexibility index (Phi) is 5.31. The number of thiophene rings is 1. The normalized spacial score (nSPS) is 13.6. The van der Waals surface area contributed by atoms with Crippen LogP contribution in [0.15, 0.2) is 6.07 Å². The molecule has 0 aliphatic heterocycles. The van der Waals surface area contributed by atoms with Gasteiger partial charge in [0.25, 0.3) is 5.91 Å². The molecule has 0 radical (unpaired) electrons. The van der Waals surface area contributed by atoms with Crippen molar-refractivity contribution in [2.24, 2.45) is 0 Å². The molecule has 1 aliphatic carbocycles. The number of H-pyrrole nitrogens is 1. The number of nitrogens with one attached hydrogen (secondary N) is 2. The van der Waals surface area contributed by atoms with Gasteiger partial charge in [0.15, 0.2) is 5.69 Å². The minimum Gasteiger partial charge on any atom is -0.462 e. The molecule has 1 amide bonds. The zero-order valence-corrected chi connectivity index (χ0v) is 15.0. The van der Waals surface area contributed by atoms with Gasteiger partial charge in [0, 0.05) is 4.88 Å². The lowest BCUT2D eigenvalue weighted by atomic mass is 10.1. The van der Waals surface area contributed by atoms with Gasteiger partial charge in [-0.05, 0) is 43.1 Å². The van der Waals surface area contributed by atoms with Gasteiger partial charge in [-0.1, -0.05) is 11.5 Å². The van der Waals surface area contributed by atoms with Gasteiger partial charge in [-0.3, -0.25) is 4.79 Å². The van der Waals surface area contributed by atoms with Crippen molar-refractivity contribution in [2.45, 2.75) is 39.0 Å². The van der Waals surface area contributed by atoms with Crippen LogP contribution in [-0.4, -0.2) is 33.6 Å². The van der Waals surface area contributed by atoms with Gasteiger partial charge in [0.1, 0.15) is 5.00 Å². The highest BCUT2D eigenvalue weighted by atomic mass is 32.1. The first kappa shape index (κ1) is 18.1. The average molecular weight is 378 g/mol. The van der Waals surface area contributed by atoms with Crippen LogP contribution < -0.4 is 5.32 Å². The Bertz CT molecular complexity index is 857. The van der Waals surface area contributed by atoms with Crippen LogP contribution in [-0.2, 0) is 17.6 Å². The second-order valence-corrected chi connectivity index (χ2v) is 6.94. The maximum atomic E-state index is 12.4. The zero-order valence-electron chi connectivity index (χ0n) is 14.2. The Labute approximate surface area is 152 Å². The van der Waals surface area contributed by atoms with E-state index in [1.807, 2.05) is 0 Å². The summed E-state index contributed by atoms with van der Waals surface area (Å²) in [7, 11) is 0. The fraction of sp³-hybridized carbons (Fsp3) is 0.438. The fourth-order valence-corrected chi connectivity index (χ4v) is 4.21. The fourth-order valence-electron chi connectivity index (χ4n) is 2.94. The number of hydrogen-bond acceptors (Lipinski definition) is 7. The first-order valence-electron chi connectivity index (χ1n) is 8.34. The van der Waals surface area contributed by atoms with Crippen LogP contribution in [0.25, 0.3) is 0 Å². The van der Waals surface area contributed by atoms with Crippen LogP contribution in [0.5, 0.6) is 0 Å². The van der Waals surface area contributed by atoms with Crippen LogP contribution in [0.1, 0.15) is 57.5 Å². The SMILES string of the molecule is CCOC(=O)c1c(NC(=O)c2cc([N+](=O)[O-])[nH]n2)sc2c1CCCCC2. The summed E-state index contributed by atoms with van der Waals surface area (Å²) in [5, 5.41) is 19.6. The van der Waals surface area contributed by atoms with Crippen molar-refractivity contribution in [2.75, 3.05) is 11.9 Å². The van der Waals surface area contributed by atoms with E-state index in [-0.39, 0.29) is 18.1 Å². The van der Waals surface area contributed by atoms with Crippen LogP contribution in [0.4, 0.5) is 10.8 Å². The van der Waals surface area contributed by atoms with E-state index in [0.717, 1.165) is 48.6 Å². The number of amides is 1. The zero-order chi connectivity index (χ0) is 18.7. The number of esters is 1. The number of aryl methyl sites for hydroxylation is 1. The molecule has 26 heavy (non-hydrogen) atoms. The Hall–Kier alpha value is -2.75. The van der Waals surface area contributed by atoms with Gasteiger partial charge < -0.3 is 20.2 Å². The molecule has 0 atom stereocenters. The molecule has 0 fully saturated rings. The number of fused-ring (bicyclic) bond motifs is 1. The maximum Gasteiger partial charge on any atom is 0.343 e. The standard InChI is InChI=1S/C16H18N4O5S/c1-2-25-16(22)13-9-6-4-3-5-7-11(9)26-15(13)17-14(21)10-8-12(19-18-10)20(23)24/h8H,2-7H2,1H3,(H,17,21)(H,18,19). The first-order valence-corrected chi connectivity index (χ1v) is 9.15. The second-order valence-electron chi connectivity index (χ2n) is 5.84. The van der Waals surface area contributed by atoms with E-state index in [9.17, 15) is 19.7 Å². The van der Waals surface area contributed by atoms with E-state index in [1.165, 1.54) is 11.3 Å². The molecule has 2 heterocycles. The number of aromatic amines is 1. The van der Waals surface area contributed by atoms with Gasteiger partial charge >= 0.3 is 11.8 Å². The van der Waals surface area contributed by atoms with Crippen LogP contribution in [0.3, 0.4) is 0 Å². The number of hydrogen-bond donors (Lipinski definition) is 2. The summed E-state index contributed by atoms with van der Waals surface area (Å²) in [6, 6.07) is 1.05. The Morgan fingerprint density at radius 2 is 2.15 bits per heavy atom. The van der Waals surface area contributed by atoms with Gasteiger partial charge in [-0.15, -0.1) is 16.4 Å². The monoisotopic (exact) mass is 378 g/mol. The summed E-state index contributed by atoms with van der Waals surface area (Å²) >= 11 is 1.36. The predicted molar refractivity (Wildman–Crippen MR) is 94.7 cm³/mol. The highest BCUT2D eigenvalue weighted by molar-refractivity contribution is 7.17. The lowest BCUT2D eigenvalue weighted by Crippen LogP contribution is -2.15. The molecule has 1 aliphatic rings. The summed E-state index contributed by atoms with van der Waals surface area (Å²) in [5.74, 6) is -1.45. The van der Waals surface area contributed by atoms with Gasteiger partial charge in [-0.25, -0.2) is 4.79 Å². The van der Waals surface area contributed by atoms with Crippen molar-refractivity contribution in [3.8, 4) is 0 Å². The molecule has 138 valence electrons. The molecular weight excluding hydrogens is 360 g/mol. The van der Waals surface area contributed by atoms with Crippen LogP contribution in [0.2, 0.25) is 0 Å². The number of rotatable bonds is 5. The third-order valence-corrected chi connectivity index (χ3v) is 5.33. The quantitative estimate of drug-likeness (QED) is 0.356. The molecule has 2 aromatic heterocycles. The second kappa shape index (κ2) is 7.65. The summed E-state index contributed by atoms with van der Waals surface area (Å²) in [4.78, 5) is 36.0. The van der Waals surface area contributed by atoms with Crippen molar-refractivity contribution < 1.29 is 19.2 Å². The third kappa shape index (κ3) is 3.59. The minimum atomic E-state index is -0.666. The molecular formula is C16H18N4O5S. The molecule has 10 heteroatoms. The van der Waals surface area contributed by atoms with Crippen LogP contribution in [0, 0.1) is 10.1 Å². The van der Waals surface area contributed by atoms with E-state index in [4.69, 9.17) is 4.74 Å². The number of nitrogens with zero attached hydrogens (tertiary/aromatic N) is 2. The van der Waals surface area contributed by atoms with Crippen molar-refractivity contribution in [1.82, 2.24) is 10.2 Å². The van der Waals surface area contributed by atoms with Crippen LogP contribution >= 0.6 is 11.3 Å². The minimum absolute atomic E-state index is 0.116. The Morgan fingerprint density at radius 1 is 1.38 bits per heavy atom. The molecule has 0 saturated heterocycles. The molecule has 0 unspecified atom stereocenters. The van der Waals surface area contributed by atoms with E-state index >= 15 is 0 Å². The van der Waals surface area contributed by atoms with Crippen molar-refractivity contribution >= 4 is 34.0 Å². The van der Waals surface area contributed by atoms with E-state index in [2.05, 4.69) is 15.5 Å². The highest BCUT2D eigenvalue weighted by Gasteiger charge is 2.27. The topological polar surface area (TPSA) is 127 Å². The van der Waals surface area contributed by atoms with Gasteiger partial charge in [0.05, 0.1) is 18.2 Å². The van der Waals surface area contributed by atoms with Crippen molar-refractivity contribution in [3.63, 3.8) is 0 Å². The number of nitro groups is 1. The Balaban J connectivity index is 1.91. The van der Waals surface area contributed by atoms with E-state index in [0.29, 0.717) is 10.6 Å². The Morgan fingerprint density at radius 3 is 2.85 bits per heavy atom. The molecule has 3 rings (SSSR count). The summed E-state index contributed by atoms with van der Waals surface area (Å²) in [6.07, 6.45) is 4.74. The molecule has 0 spiro atoms. The van der Waals surface area contributed by atoms with Crippen molar-refractivity contribution in [3.05, 3.63) is 37.9 Å². The predicted octanol–water partition coefficient (Wildman–Crippen LogP) is 3.08. The number of carbonyl (C=O) groups is 2. The van der Waals surface area contributed by atoms with E-state index < -0.39 is 16.8 Å². The largest absolute Gasteiger partial charge is 0.462 e. The molecule has 9 nitrogen and oxygen atoms in total. The lowest BCUT2D eigenvalue weighted by Gasteiger charge is -2.07. The number of anilines is 1. The number of carbonyl (C=O) groups excluding carboxylic acids is 2. The summed E-state index contributed by atoms with van der Waals surface area (Å²) < 4.78 is 5.16. The molecule has 2 aromatic rings. The van der Waals surface area contributed by atoms with Gasteiger partial charge in [-0.2, -0.15) is 0 Å². The molecule has 0 bridgehead atoms. The lowest BCUT2D eigenvalue weighted by molar-refractivity contribution is -0.389. The van der Waals surface area contributed by atoms with Crippen molar-refractivity contribution in [1.29, 1.82) is 0 Å². The number of aromatic nitrogens is 2. The highest BCUT2D eigenvalue weighted by Crippen LogP contribution is 2.38. The first-order chi connectivity index (χ1) is 12.5. The molecule has 2 N–H and O–H groups in total. The van der Waals surface area contributed by atoms with E-state index in [1.54, 1.807) is 6.92 Å². The number of ether oxygens (including phenoxy) is 1.